The molecule has 78 valence electrons. The lowest BCUT2D eigenvalue weighted by molar-refractivity contribution is -0.125. The van der Waals surface area contributed by atoms with Crippen LogP contribution in [-0.2, 0) is 11.3 Å². The second-order valence-corrected chi connectivity index (χ2v) is 3.27. The molecule has 1 aliphatic rings. The topological polar surface area (TPSA) is 49.4 Å². The fourth-order valence-electron chi connectivity index (χ4n) is 1.39. The number of carbonyl (C=O) groups excluding carboxylic acids is 2. The van der Waals surface area contributed by atoms with Crippen molar-refractivity contribution in [2.45, 2.75) is 6.54 Å². The standard InChI is InChI=1S/C10H9FN2O2/c11-8-3-1-7(2-4-8)6-13-9(14)5-12-10(13)15/h1-4H,5-6H2,(H,12,15). The fraction of sp³-hybridized carbons (Fsp3) is 0.200. The van der Waals surface area contributed by atoms with Gasteiger partial charge in [0.1, 0.15) is 5.82 Å². The molecule has 0 atom stereocenters. The molecule has 4 nitrogen and oxygen atoms in total. The molecule has 2 rings (SSSR count). The molecule has 1 aromatic rings. The molecule has 1 heterocycles. The highest BCUT2D eigenvalue weighted by molar-refractivity contribution is 6.01. The summed E-state index contributed by atoms with van der Waals surface area (Å²) in [4.78, 5) is 23.5. The lowest BCUT2D eigenvalue weighted by atomic mass is 10.2. The van der Waals surface area contributed by atoms with E-state index in [-0.39, 0.29) is 24.8 Å². The molecule has 0 radical (unpaired) electrons. The van der Waals surface area contributed by atoms with Crippen molar-refractivity contribution in [3.63, 3.8) is 0 Å². The number of hydrogen-bond acceptors (Lipinski definition) is 2. The van der Waals surface area contributed by atoms with Gasteiger partial charge in [-0.1, -0.05) is 12.1 Å². The second-order valence-electron chi connectivity index (χ2n) is 3.27. The third-order valence-electron chi connectivity index (χ3n) is 2.19. The van der Waals surface area contributed by atoms with E-state index in [0.29, 0.717) is 0 Å². The number of halogens is 1. The van der Waals surface area contributed by atoms with Gasteiger partial charge in [-0.15, -0.1) is 0 Å². The average molecular weight is 208 g/mol. The Bertz CT molecular complexity index is 386. The van der Waals surface area contributed by atoms with Gasteiger partial charge >= 0.3 is 6.03 Å². The molecule has 0 saturated carbocycles. The maximum absolute atomic E-state index is 12.6. The zero-order chi connectivity index (χ0) is 10.8. The first kappa shape index (κ1) is 9.64. The first-order valence-corrected chi connectivity index (χ1v) is 4.49. The normalized spacial score (nSPS) is 15.7. The van der Waals surface area contributed by atoms with Gasteiger partial charge in [0.25, 0.3) is 0 Å². The molecule has 5 heteroatoms. The number of hydrogen-bond donors (Lipinski definition) is 1. The summed E-state index contributed by atoms with van der Waals surface area (Å²) in [7, 11) is 0. The number of urea groups is 1. The Morgan fingerprint density at radius 3 is 2.47 bits per heavy atom. The van der Waals surface area contributed by atoms with Crippen LogP contribution in [0.15, 0.2) is 24.3 Å². The van der Waals surface area contributed by atoms with Crippen LogP contribution in [0, 0.1) is 5.82 Å². The van der Waals surface area contributed by atoms with Crippen LogP contribution >= 0.6 is 0 Å². The monoisotopic (exact) mass is 208 g/mol. The predicted octanol–water partition coefficient (Wildman–Crippen LogP) is 0.877. The van der Waals surface area contributed by atoms with Crippen molar-refractivity contribution in [3.8, 4) is 0 Å². The first-order valence-electron chi connectivity index (χ1n) is 4.49. The maximum atomic E-state index is 12.6. The highest BCUT2D eigenvalue weighted by Crippen LogP contribution is 2.09. The Morgan fingerprint density at radius 1 is 1.27 bits per heavy atom. The fourth-order valence-corrected chi connectivity index (χ4v) is 1.39. The summed E-state index contributed by atoms with van der Waals surface area (Å²) in [5, 5.41) is 2.41. The number of carbonyl (C=O) groups is 2. The van der Waals surface area contributed by atoms with Crippen LogP contribution in [0.2, 0.25) is 0 Å². The number of rotatable bonds is 2. The van der Waals surface area contributed by atoms with E-state index in [0.717, 1.165) is 10.5 Å². The molecule has 1 aromatic carbocycles. The number of benzene rings is 1. The van der Waals surface area contributed by atoms with Crippen molar-refractivity contribution in [1.82, 2.24) is 10.2 Å². The van der Waals surface area contributed by atoms with Gasteiger partial charge in [-0.2, -0.15) is 0 Å². The molecular weight excluding hydrogens is 199 g/mol. The van der Waals surface area contributed by atoms with Gasteiger partial charge < -0.3 is 5.32 Å². The van der Waals surface area contributed by atoms with E-state index in [1.807, 2.05) is 0 Å². The molecule has 1 N–H and O–H groups in total. The van der Waals surface area contributed by atoms with Gasteiger partial charge in [-0.3, -0.25) is 9.69 Å². The van der Waals surface area contributed by atoms with E-state index >= 15 is 0 Å². The number of nitrogens with one attached hydrogen (secondary N) is 1. The Morgan fingerprint density at radius 2 is 1.93 bits per heavy atom. The molecule has 1 fully saturated rings. The van der Waals surface area contributed by atoms with E-state index in [1.165, 1.54) is 12.1 Å². The van der Waals surface area contributed by atoms with Gasteiger partial charge in [0.2, 0.25) is 5.91 Å². The predicted molar refractivity (Wildman–Crippen MR) is 50.3 cm³/mol. The molecule has 0 spiro atoms. The lowest BCUT2D eigenvalue weighted by Gasteiger charge is -2.11. The molecule has 0 unspecified atom stereocenters. The van der Waals surface area contributed by atoms with Crippen LogP contribution < -0.4 is 5.32 Å². The Balaban J connectivity index is 2.11. The van der Waals surface area contributed by atoms with E-state index in [1.54, 1.807) is 12.1 Å². The molecule has 0 bridgehead atoms. The zero-order valence-corrected chi connectivity index (χ0v) is 7.87. The first-order chi connectivity index (χ1) is 7.16. The smallest absolute Gasteiger partial charge is 0.324 e. The molecule has 3 amide bonds. The van der Waals surface area contributed by atoms with Gasteiger partial charge in [0.05, 0.1) is 13.1 Å². The Hall–Kier alpha value is -1.91. The van der Waals surface area contributed by atoms with Crippen molar-refractivity contribution >= 4 is 11.9 Å². The maximum Gasteiger partial charge on any atom is 0.324 e. The van der Waals surface area contributed by atoms with Crippen LogP contribution in [0.1, 0.15) is 5.56 Å². The summed E-state index contributed by atoms with van der Waals surface area (Å²) in [6, 6.07) is 5.30. The molecule has 1 saturated heterocycles. The zero-order valence-electron chi connectivity index (χ0n) is 7.87. The Kier molecular flexibility index (Phi) is 2.37. The summed E-state index contributed by atoms with van der Waals surface area (Å²) in [6.45, 7) is 0.227. The molecule has 1 aliphatic heterocycles. The molecular formula is C10H9FN2O2. The largest absolute Gasteiger partial charge is 0.329 e. The van der Waals surface area contributed by atoms with Crippen LogP contribution in [0.25, 0.3) is 0 Å². The van der Waals surface area contributed by atoms with Crippen LogP contribution in [0.5, 0.6) is 0 Å². The van der Waals surface area contributed by atoms with E-state index in [9.17, 15) is 14.0 Å². The van der Waals surface area contributed by atoms with Crippen molar-refractivity contribution in [3.05, 3.63) is 35.6 Å². The summed E-state index contributed by atoms with van der Waals surface area (Å²) < 4.78 is 12.6. The van der Waals surface area contributed by atoms with Gasteiger partial charge in [-0.05, 0) is 17.7 Å². The van der Waals surface area contributed by atoms with Crippen molar-refractivity contribution in [2.24, 2.45) is 0 Å². The van der Waals surface area contributed by atoms with Gasteiger partial charge in [0.15, 0.2) is 0 Å². The van der Waals surface area contributed by atoms with E-state index < -0.39 is 6.03 Å². The summed E-state index contributed by atoms with van der Waals surface area (Å²) in [5.74, 6) is -0.597. The molecule has 15 heavy (non-hydrogen) atoms. The second kappa shape index (κ2) is 3.68. The molecule has 0 aromatic heterocycles. The summed E-state index contributed by atoms with van der Waals surface area (Å²) in [6.07, 6.45) is 0. The van der Waals surface area contributed by atoms with Crippen LogP contribution in [0.4, 0.5) is 9.18 Å². The SMILES string of the molecule is O=C1CNC(=O)N1Cc1ccc(F)cc1. The average Bonchev–Trinajstić information content (AvgIpc) is 2.53. The van der Waals surface area contributed by atoms with Crippen LogP contribution in [0.3, 0.4) is 0 Å². The molecule has 0 aliphatic carbocycles. The van der Waals surface area contributed by atoms with E-state index in [4.69, 9.17) is 0 Å². The number of imide groups is 1. The third kappa shape index (κ3) is 1.96. The van der Waals surface area contributed by atoms with Crippen molar-refractivity contribution in [1.29, 1.82) is 0 Å². The van der Waals surface area contributed by atoms with Gasteiger partial charge in [-0.25, -0.2) is 9.18 Å². The quantitative estimate of drug-likeness (QED) is 0.733. The number of nitrogens with zero attached hydrogens (tertiary/aromatic N) is 1. The van der Waals surface area contributed by atoms with Crippen molar-refractivity contribution < 1.29 is 14.0 Å². The highest BCUT2D eigenvalue weighted by atomic mass is 19.1. The minimum absolute atomic E-state index is 0.0417. The minimum atomic E-state index is -0.399. The summed E-state index contributed by atoms with van der Waals surface area (Å²) in [5.41, 5.74) is 0.724. The van der Waals surface area contributed by atoms with Crippen molar-refractivity contribution in [2.75, 3.05) is 6.54 Å². The van der Waals surface area contributed by atoms with Gasteiger partial charge in [0, 0.05) is 0 Å². The Labute approximate surface area is 85.7 Å². The minimum Gasteiger partial charge on any atom is -0.329 e. The third-order valence-corrected chi connectivity index (χ3v) is 2.19. The van der Waals surface area contributed by atoms with E-state index in [2.05, 4.69) is 5.32 Å². The highest BCUT2D eigenvalue weighted by Gasteiger charge is 2.28. The lowest BCUT2D eigenvalue weighted by Crippen LogP contribution is -2.30. The number of amides is 3. The van der Waals surface area contributed by atoms with Crippen LogP contribution in [-0.4, -0.2) is 23.4 Å². The summed E-state index contributed by atoms with van der Waals surface area (Å²) >= 11 is 0.